The summed E-state index contributed by atoms with van der Waals surface area (Å²) in [5.74, 6) is 0.584. The SMILES string of the molecule is N#Cc1ccccc1COc1ccc(/C=N/NC(=O)CN2CCOCC2)cc1I. The van der Waals surface area contributed by atoms with Crippen molar-refractivity contribution in [2.24, 2.45) is 5.10 Å². The minimum Gasteiger partial charge on any atom is -0.488 e. The molecule has 1 aliphatic heterocycles. The topological polar surface area (TPSA) is 86.9 Å². The zero-order valence-electron chi connectivity index (χ0n) is 15.8. The molecule has 7 nitrogen and oxygen atoms in total. The molecule has 2 aromatic rings. The summed E-state index contributed by atoms with van der Waals surface area (Å²) in [5, 5.41) is 13.2. The Morgan fingerprint density at radius 2 is 2.10 bits per heavy atom. The number of hydrazone groups is 1. The predicted molar refractivity (Wildman–Crippen MR) is 118 cm³/mol. The molecule has 2 aromatic carbocycles. The van der Waals surface area contributed by atoms with Crippen molar-refractivity contribution in [2.75, 3.05) is 32.8 Å². The summed E-state index contributed by atoms with van der Waals surface area (Å²) in [5.41, 5.74) is 4.87. The number of hydrogen-bond acceptors (Lipinski definition) is 6. The van der Waals surface area contributed by atoms with Crippen LogP contribution in [0.25, 0.3) is 0 Å². The number of carbonyl (C=O) groups is 1. The normalized spacial score (nSPS) is 14.5. The van der Waals surface area contributed by atoms with Crippen LogP contribution in [0.15, 0.2) is 47.6 Å². The first-order valence-electron chi connectivity index (χ1n) is 9.18. The molecule has 1 N–H and O–H groups in total. The summed E-state index contributed by atoms with van der Waals surface area (Å²) in [7, 11) is 0. The lowest BCUT2D eigenvalue weighted by Crippen LogP contribution is -2.42. The van der Waals surface area contributed by atoms with Crippen LogP contribution in [0.3, 0.4) is 0 Å². The molecule has 1 aliphatic rings. The smallest absolute Gasteiger partial charge is 0.254 e. The van der Waals surface area contributed by atoms with E-state index >= 15 is 0 Å². The average Bonchev–Trinajstić information content (AvgIpc) is 2.74. The van der Waals surface area contributed by atoms with Gasteiger partial charge >= 0.3 is 0 Å². The molecule has 0 spiro atoms. The van der Waals surface area contributed by atoms with Crippen molar-refractivity contribution in [3.8, 4) is 11.8 Å². The molecule has 0 saturated carbocycles. The lowest BCUT2D eigenvalue weighted by atomic mass is 10.1. The first kappa shape index (κ1) is 21.2. The van der Waals surface area contributed by atoms with Gasteiger partial charge in [-0.15, -0.1) is 0 Å². The van der Waals surface area contributed by atoms with Crippen LogP contribution in [0.4, 0.5) is 0 Å². The zero-order chi connectivity index (χ0) is 20.5. The Hall–Kier alpha value is -2.48. The summed E-state index contributed by atoms with van der Waals surface area (Å²) in [6, 6.07) is 15.2. The monoisotopic (exact) mass is 504 g/mol. The molecular weight excluding hydrogens is 483 g/mol. The quantitative estimate of drug-likeness (QED) is 0.356. The van der Waals surface area contributed by atoms with E-state index in [1.165, 1.54) is 0 Å². The van der Waals surface area contributed by atoms with E-state index in [9.17, 15) is 4.79 Å². The first-order valence-corrected chi connectivity index (χ1v) is 10.3. The van der Waals surface area contributed by atoms with E-state index in [4.69, 9.17) is 14.7 Å². The predicted octanol–water partition coefficient (Wildman–Crippen LogP) is 2.52. The third-order valence-electron chi connectivity index (χ3n) is 4.35. The van der Waals surface area contributed by atoms with Gasteiger partial charge in [-0.1, -0.05) is 18.2 Å². The van der Waals surface area contributed by atoms with Crippen molar-refractivity contribution in [3.63, 3.8) is 0 Å². The molecule has 1 fully saturated rings. The molecule has 3 rings (SSSR count). The number of ether oxygens (including phenoxy) is 2. The molecule has 0 aliphatic carbocycles. The van der Waals surface area contributed by atoms with E-state index in [-0.39, 0.29) is 5.91 Å². The van der Waals surface area contributed by atoms with Gasteiger partial charge in [0.25, 0.3) is 5.91 Å². The molecule has 0 bridgehead atoms. The van der Waals surface area contributed by atoms with Gasteiger partial charge in [0.05, 0.1) is 41.2 Å². The molecule has 0 atom stereocenters. The van der Waals surface area contributed by atoms with Crippen molar-refractivity contribution in [1.29, 1.82) is 5.26 Å². The number of benzene rings is 2. The van der Waals surface area contributed by atoms with Gasteiger partial charge < -0.3 is 9.47 Å². The van der Waals surface area contributed by atoms with Gasteiger partial charge in [0.15, 0.2) is 0 Å². The maximum Gasteiger partial charge on any atom is 0.254 e. The molecule has 8 heteroatoms. The molecular formula is C21H21IN4O3. The molecule has 1 saturated heterocycles. The number of nitrogens with zero attached hydrogens (tertiary/aromatic N) is 3. The van der Waals surface area contributed by atoms with Crippen LogP contribution < -0.4 is 10.2 Å². The van der Waals surface area contributed by atoms with Crippen LogP contribution in [0, 0.1) is 14.9 Å². The average molecular weight is 504 g/mol. The van der Waals surface area contributed by atoms with E-state index in [1.54, 1.807) is 12.3 Å². The molecule has 0 unspecified atom stereocenters. The van der Waals surface area contributed by atoms with Gasteiger partial charge in [-0.25, -0.2) is 5.43 Å². The Kier molecular flexibility index (Phi) is 7.98. The van der Waals surface area contributed by atoms with Gasteiger partial charge in [0.2, 0.25) is 0 Å². The molecule has 1 heterocycles. The highest BCUT2D eigenvalue weighted by Gasteiger charge is 2.13. The van der Waals surface area contributed by atoms with Crippen molar-refractivity contribution in [1.82, 2.24) is 10.3 Å². The van der Waals surface area contributed by atoms with Gasteiger partial charge in [-0.3, -0.25) is 9.69 Å². The Morgan fingerprint density at radius 1 is 1.31 bits per heavy atom. The van der Waals surface area contributed by atoms with Crippen LogP contribution in [0.2, 0.25) is 0 Å². The number of halogens is 1. The highest BCUT2D eigenvalue weighted by molar-refractivity contribution is 14.1. The standard InChI is InChI=1S/C21H21IN4O3/c22-19-11-16(13-24-25-21(27)14-26-7-9-28-10-8-26)5-6-20(19)29-15-18-4-2-1-3-17(18)12-23/h1-6,11,13H,7-10,14-15H2,(H,25,27)/b24-13+. The Morgan fingerprint density at radius 3 is 2.86 bits per heavy atom. The minimum absolute atomic E-state index is 0.144. The van der Waals surface area contributed by atoms with E-state index in [0.717, 1.165) is 33.5 Å². The number of amides is 1. The minimum atomic E-state index is -0.144. The Labute approximate surface area is 183 Å². The van der Waals surface area contributed by atoms with Gasteiger partial charge in [0.1, 0.15) is 12.4 Å². The number of nitrogens with one attached hydrogen (secondary N) is 1. The van der Waals surface area contributed by atoms with E-state index in [0.29, 0.717) is 31.9 Å². The fraction of sp³-hybridized carbons (Fsp3) is 0.286. The first-order chi connectivity index (χ1) is 14.2. The highest BCUT2D eigenvalue weighted by atomic mass is 127. The highest BCUT2D eigenvalue weighted by Crippen LogP contribution is 2.23. The Balaban J connectivity index is 1.51. The summed E-state index contributed by atoms with van der Waals surface area (Å²) in [4.78, 5) is 14.0. The summed E-state index contributed by atoms with van der Waals surface area (Å²) in [6.45, 7) is 3.47. The van der Waals surface area contributed by atoms with E-state index in [2.05, 4.69) is 39.2 Å². The third-order valence-corrected chi connectivity index (χ3v) is 5.19. The number of rotatable bonds is 7. The lowest BCUT2D eigenvalue weighted by molar-refractivity contribution is -0.123. The molecule has 0 aromatic heterocycles. The number of hydrogen-bond donors (Lipinski definition) is 1. The van der Waals surface area contributed by atoms with Crippen molar-refractivity contribution in [3.05, 3.63) is 62.7 Å². The summed E-state index contributed by atoms with van der Waals surface area (Å²) >= 11 is 2.19. The summed E-state index contributed by atoms with van der Waals surface area (Å²) in [6.07, 6.45) is 1.61. The molecule has 1 amide bonds. The second-order valence-electron chi connectivity index (χ2n) is 6.43. The second-order valence-corrected chi connectivity index (χ2v) is 7.59. The van der Waals surface area contributed by atoms with E-state index in [1.807, 2.05) is 41.3 Å². The molecule has 150 valence electrons. The maximum atomic E-state index is 11.9. The van der Waals surface area contributed by atoms with Gasteiger partial charge in [-0.05, 0) is 52.4 Å². The van der Waals surface area contributed by atoms with Crippen LogP contribution in [0.1, 0.15) is 16.7 Å². The number of nitriles is 1. The largest absolute Gasteiger partial charge is 0.488 e. The van der Waals surface area contributed by atoms with Crippen LogP contribution in [-0.2, 0) is 16.1 Å². The van der Waals surface area contributed by atoms with Crippen molar-refractivity contribution in [2.45, 2.75) is 6.61 Å². The number of morpholine rings is 1. The molecule has 0 radical (unpaired) electrons. The van der Waals surface area contributed by atoms with Gasteiger partial charge in [0, 0.05) is 18.7 Å². The summed E-state index contributed by atoms with van der Waals surface area (Å²) < 4.78 is 12.0. The maximum absolute atomic E-state index is 11.9. The Bertz CT molecular complexity index is 920. The molecule has 29 heavy (non-hydrogen) atoms. The van der Waals surface area contributed by atoms with Crippen LogP contribution in [-0.4, -0.2) is 49.9 Å². The lowest BCUT2D eigenvalue weighted by Gasteiger charge is -2.25. The van der Waals surface area contributed by atoms with Crippen molar-refractivity contribution >= 4 is 34.7 Å². The zero-order valence-corrected chi connectivity index (χ0v) is 18.0. The fourth-order valence-corrected chi connectivity index (χ4v) is 3.50. The number of carbonyl (C=O) groups excluding carboxylic acids is 1. The van der Waals surface area contributed by atoms with E-state index < -0.39 is 0 Å². The van der Waals surface area contributed by atoms with Gasteiger partial charge in [-0.2, -0.15) is 10.4 Å². The van der Waals surface area contributed by atoms with Crippen LogP contribution >= 0.6 is 22.6 Å². The van der Waals surface area contributed by atoms with Crippen molar-refractivity contribution < 1.29 is 14.3 Å². The van der Waals surface area contributed by atoms with Crippen LogP contribution in [0.5, 0.6) is 5.75 Å². The fourth-order valence-electron chi connectivity index (χ4n) is 2.80. The third kappa shape index (κ3) is 6.52. The second kappa shape index (κ2) is 10.9.